The van der Waals surface area contributed by atoms with E-state index in [1.54, 1.807) is 0 Å². The Hall–Kier alpha value is -0.650. The summed E-state index contributed by atoms with van der Waals surface area (Å²) >= 11 is 0. The maximum Gasteiger partial charge on any atom is 0.317 e. The molecule has 0 bridgehead atoms. The second-order valence-electron chi connectivity index (χ2n) is 3.88. The number of nitrogens with zero attached hydrogens (tertiary/aromatic N) is 1. The van der Waals surface area contributed by atoms with E-state index in [0.717, 1.165) is 52.1 Å². The largest absolute Gasteiger partial charge is 0.480 e. The van der Waals surface area contributed by atoms with E-state index in [-0.39, 0.29) is 6.54 Å². The fraction of sp³-hybridized carbons (Fsp3) is 0.900. The van der Waals surface area contributed by atoms with Crippen LogP contribution < -0.4 is 10.6 Å². The van der Waals surface area contributed by atoms with Gasteiger partial charge in [-0.2, -0.15) is 0 Å². The normalized spacial score (nSPS) is 21.9. The Morgan fingerprint density at radius 1 is 1.07 bits per heavy atom. The smallest absolute Gasteiger partial charge is 0.317 e. The molecule has 5 heteroatoms. The van der Waals surface area contributed by atoms with E-state index in [2.05, 4.69) is 10.6 Å². The predicted octanol–water partition coefficient (Wildman–Crippen LogP) is -0.654. The molecule has 0 aliphatic carbocycles. The van der Waals surface area contributed by atoms with Gasteiger partial charge in [0.2, 0.25) is 0 Å². The number of rotatable bonds is 2. The molecular formula is C10H21N3O2. The topological polar surface area (TPSA) is 64.6 Å². The van der Waals surface area contributed by atoms with Gasteiger partial charge in [0.15, 0.2) is 0 Å². The zero-order valence-corrected chi connectivity index (χ0v) is 9.17. The van der Waals surface area contributed by atoms with Gasteiger partial charge in [0.1, 0.15) is 0 Å². The van der Waals surface area contributed by atoms with Gasteiger partial charge in [-0.3, -0.25) is 9.69 Å². The number of hydrogen-bond acceptors (Lipinski definition) is 4. The molecule has 1 aliphatic heterocycles. The van der Waals surface area contributed by atoms with Crippen LogP contribution in [0.1, 0.15) is 12.8 Å². The second kappa shape index (κ2) is 7.62. The van der Waals surface area contributed by atoms with Gasteiger partial charge in [0.05, 0.1) is 6.54 Å². The molecule has 0 atom stereocenters. The molecule has 1 rings (SSSR count). The average Bonchev–Trinajstić information content (AvgIpc) is 2.23. The third-order valence-electron chi connectivity index (χ3n) is 2.52. The van der Waals surface area contributed by atoms with Gasteiger partial charge in [0, 0.05) is 26.2 Å². The summed E-state index contributed by atoms with van der Waals surface area (Å²) in [5.74, 6) is -0.733. The Morgan fingerprint density at radius 2 is 1.80 bits per heavy atom. The fourth-order valence-electron chi connectivity index (χ4n) is 1.71. The fourth-order valence-corrected chi connectivity index (χ4v) is 1.71. The lowest BCUT2D eigenvalue weighted by atomic mass is 10.3. The summed E-state index contributed by atoms with van der Waals surface area (Å²) in [6, 6.07) is 0. The standard InChI is InChI=1S/C10H21N3O2/c14-10(15)9-13-7-2-1-3-11-4-5-12-6-8-13/h11-12H,1-9H2,(H,14,15). The Balaban J connectivity index is 2.28. The first kappa shape index (κ1) is 12.4. The van der Waals surface area contributed by atoms with Gasteiger partial charge in [0.25, 0.3) is 0 Å². The number of carboxylic acid groups (broad SMARTS) is 1. The molecule has 0 spiro atoms. The van der Waals surface area contributed by atoms with Crippen molar-refractivity contribution in [2.24, 2.45) is 0 Å². The molecule has 0 radical (unpaired) electrons. The SMILES string of the molecule is O=C(O)CN1CCCCNCCNCC1. The van der Waals surface area contributed by atoms with Crippen molar-refractivity contribution in [1.82, 2.24) is 15.5 Å². The number of aliphatic carboxylic acids is 1. The van der Waals surface area contributed by atoms with Crippen molar-refractivity contribution >= 4 is 5.97 Å². The Bertz CT molecular complexity index is 176. The molecule has 0 aromatic carbocycles. The Morgan fingerprint density at radius 3 is 2.53 bits per heavy atom. The summed E-state index contributed by atoms with van der Waals surface area (Å²) in [5, 5.41) is 15.4. The lowest BCUT2D eigenvalue weighted by Gasteiger charge is -2.19. The molecule has 1 fully saturated rings. The molecule has 3 N–H and O–H groups in total. The summed E-state index contributed by atoms with van der Waals surface area (Å²) in [4.78, 5) is 12.6. The van der Waals surface area contributed by atoms with Crippen LogP contribution >= 0.6 is 0 Å². The van der Waals surface area contributed by atoms with Crippen LogP contribution in [0.3, 0.4) is 0 Å². The van der Waals surface area contributed by atoms with E-state index in [1.807, 2.05) is 4.90 Å². The van der Waals surface area contributed by atoms with Crippen LogP contribution in [0.2, 0.25) is 0 Å². The first-order chi connectivity index (χ1) is 7.29. The molecule has 0 aromatic heterocycles. The molecule has 1 saturated heterocycles. The highest BCUT2D eigenvalue weighted by atomic mass is 16.4. The van der Waals surface area contributed by atoms with Crippen molar-refractivity contribution in [3.63, 3.8) is 0 Å². The van der Waals surface area contributed by atoms with Crippen LogP contribution in [0.4, 0.5) is 0 Å². The average molecular weight is 215 g/mol. The molecule has 0 unspecified atom stereocenters. The highest BCUT2D eigenvalue weighted by Gasteiger charge is 2.09. The van der Waals surface area contributed by atoms with Crippen molar-refractivity contribution in [2.75, 3.05) is 45.8 Å². The summed E-state index contributed by atoms with van der Waals surface area (Å²) < 4.78 is 0. The third kappa shape index (κ3) is 6.43. The lowest BCUT2D eigenvalue weighted by Crippen LogP contribution is -2.37. The first-order valence-electron chi connectivity index (χ1n) is 5.64. The van der Waals surface area contributed by atoms with Crippen LogP contribution in [0, 0.1) is 0 Å². The van der Waals surface area contributed by atoms with Crippen LogP contribution in [-0.4, -0.2) is 61.8 Å². The van der Waals surface area contributed by atoms with Crippen LogP contribution in [0.15, 0.2) is 0 Å². The summed E-state index contributed by atoms with van der Waals surface area (Å²) in [6.07, 6.45) is 2.19. The van der Waals surface area contributed by atoms with E-state index in [1.165, 1.54) is 0 Å². The van der Waals surface area contributed by atoms with Crippen LogP contribution in [0.5, 0.6) is 0 Å². The molecule has 0 amide bonds. The predicted molar refractivity (Wildman–Crippen MR) is 59.0 cm³/mol. The van der Waals surface area contributed by atoms with Crippen molar-refractivity contribution < 1.29 is 9.90 Å². The number of nitrogens with one attached hydrogen (secondary N) is 2. The van der Waals surface area contributed by atoms with E-state index in [9.17, 15) is 4.79 Å². The van der Waals surface area contributed by atoms with Crippen LogP contribution in [-0.2, 0) is 4.79 Å². The lowest BCUT2D eigenvalue weighted by molar-refractivity contribution is -0.138. The van der Waals surface area contributed by atoms with Crippen molar-refractivity contribution in [3.8, 4) is 0 Å². The van der Waals surface area contributed by atoms with Gasteiger partial charge >= 0.3 is 5.97 Å². The molecule has 1 heterocycles. The highest BCUT2D eigenvalue weighted by Crippen LogP contribution is 1.95. The van der Waals surface area contributed by atoms with Crippen molar-refractivity contribution in [1.29, 1.82) is 0 Å². The summed E-state index contributed by atoms with van der Waals surface area (Å²) in [7, 11) is 0. The minimum atomic E-state index is -0.733. The maximum atomic E-state index is 10.6. The van der Waals surface area contributed by atoms with E-state index < -0.39 is 5.97 Å². The molecule has 5 nitrogen and oxygen atoms in total. The summed E-state index contributed by atoms with van der Waals surface area (Å²) in [6.45, 7) is 5.73. The van der Waals surface area contributed by atoms with Gasteiger partial charge in [-0.25, -0.2) is 0 Å². The number of carbonyl (C=O) groups is 1. The molecule has 0 aromatic rings. The minimum Gasteiger partial charge on any atom is -0.480 e. The molecular weight excluding hydrogens is 194 g/mol. The van der Waals surface area contributed by atoms with E-state index in [4.69, 9.17) is 5.11 Å². The van der Waals surface area contributed by atoms with Gasteiger partial charge in [-0.05, 0) is 25.9 Å². The number of hydrogen-bond donors (Lipinski definition) is 3. The van der Waals surface area contributed by atoms with E-state index >= 15 is 0 Å². The van der Waals surface area contributed by atoms with Crippen LogP contribution in [0.25, 0.3) is 0 Å². The van der Waals surface area contributed by atoms with E-state index in [0.29, 0.717) is 0 Å². The summed E-state index contributed by atoms with van der Waals surface area (Å²) in [5.41, 5.74) is 0. The zero-order chi connectivity index (χ0) is 10.9. The van der Waals surface area contributed by atoms with Gasteiger partial charge in [-0.15, -0.1) is 0 Å². The molecule has 15 heavy (non-hydrogen) atoms. The van der Waals surface area contributed by atoms with Crippen molar-refractivity contribution in [3.05, 3.63) is 0 Å². The molecule has 1 aliphatic rings. The Kier molecular flexibility index (Phi) is 6.31. The monoisotopic (exact) mass is 215 g/mol. The second-order valence-corrected chi connectivity index (χ2v) is 3.88. The minimum absolute atomic E-state index is 0.162. The molecule has 88 valence electrons. The van der Waals surface area contributed by atoms with Gasteiger partial charge in [-0.1, -0.05) is 0 Å². The molecule has 0 saturated carbocycles. The van der Waals surface area contributed by atoms with Crippen molar-refractivity contribution in [2.45, 2.75) is 12.8 Å². The number of carboxylic acids is 1. The maximum absolute atomic E-state index is 10.6. The highest BCUT2D eigenvalue weighted by molar-refractivity contribution is 5.69. The quantitative estimate of drug-likeness (QED) is 0.571. The first-order valence-corrected chi connectivity index (χ1v) is 5.64. The van der Waals surface area contributed by atoms with Gasteiger partial charge < -0.3 is 15.7 Å². The Labute approximate surface area is 90.8 Å². The zero-order valence-electron chi connectivity index (χ0n) is 9.17. The third-order valence-corrected chi connectivity index (χ3v) is 2.52.